The predicted molar refractivity (Wildman–Crippen MR) is 88.5 cm³/mol. The molecule has 1 aromatic carbocycles. The average Bonchev–Trinajstić information content (AvgIpc) is 2.54. The molecule has 1 saturated heterocycles. The Hall–Kier alpha value is -2.07. The van der Waals surface area contributed by atoms with E-state index in [4.69, 9.17) is 11.6 Å². The number of halogens is 1. The largest absolute Gasteiger partial charge is 0.368 e. The molecule has 2 aromatic rings. The highest BCUT2D eigenvalue weighted by Gasteiger charge is 2.23. The lowest BCUT2D eigenvalue weighted by atomic mass is 10.2. The van der Waals surface area contributed by atoms with Crippen molar-refractivity contribution >= 4 is 23.2 Å². The first-order valence-electron chi connectivity index (χ1n) is 7.37. The fraction of sp³-hybridized carbons (Fsp3) is 0.294. The minimum absolute atomic E-state index is 0.0496. The summed E-state index contributed by atoms with van der Waals surface area (Å²) in [4.78, 5) is 20.7. The zero-order valence-electron chi connectivity index (χ0n) is 12.5. The number of benzene rings is 1. The van der Waals surface area contributed by atoms with Crippen molar-refractivity contribution in [2.24, 2.45) is 0 Å². The maximum atomic E-state index is 12.4. The maximum absolute atomic E-state index is 12.4. The lowest BCUT2D eigenvalue weighted by molar-refractivity contribution is 0.0741. The summed E-state index contributed by atoms with van der Waals surface area (Å²) >= 11 is 5.86. The SMILES string of the molecule is Cc1cccc(N2CCN(C(=O)c3cccc(Cl)n3)CC2)c1. The third-order valence-electron chi connectivity index (χ3n) is 3.87. The Labute approximate surface area is 135 Å². The molecule has 1 aliphatic heterocycles. The van der Waals surface area contributed by atoms with Crippen LogP contribution in [-0.2, 0) is 0 Å². The van der Waals surface area contributed by atoms with Gasteiger partial charge in [-0.3, -0.25) is 4.79 Å². The lowest BCUT2D eigenvalue weighted by Crippen LogP contribution is -2.49. The van der Waals surface area contributed by atoms with Gasteiger partial charge in [-0.15, -0.1) is 0 Å². The molecule has 114 valence electrons. The first kappa shape index (κ1) is 14.9. The van der Waals surface area contributed by atoms with Gasteiger partial charge in [0.2, 0.25) is 0 Å². The minimum atomic E-state index is -0.0496. The maximum Gasteiger partial charge on any atom is 0.272 e. The Balaban J connectivity index is 1.65. The second-order valence-corrected chi connectivity index (χ2v) is 5.85. The second-order valence-electron chi connectivity index (χ2n) is 5.46. The number of piperazine rings is 1. The standard InChI is InChI=1S/C17H18ClN3O/c1-13-4-2-5-14(12-13)20-8-10-21(11-9-20)17(22)15-6-3-7-16(18)19-15/h2-7,12H,8-11H2,1H3. The van der Waals surface area contributed by atoms with Crippen LogP contribution in [0, 0.1) is 6.92 Å². The predicted octanol–water partition coefficient (Wildman–Crippen LogP) is 3.01. The zero-order chi connectivity index (χ0) is 15.5. The molecule has 5 heteroatoms. The van der Waals surface area contributed by atoms with Crippen LogP contribution >= 0.6 is 11.6 Å². The van der Waals surface area contributed by atoms with Crippen molar-refractivity contribution in [1.82, 2.24) is 9.88 Å². The van der Waals surface area contributed by atoms with Gasteiger partial charge in [0.1, 0.15) is 10.8 Å². The highest BCUT2D eigenvalue weighted by molar-refractivity contribution is 6.29. The molecule has 22 heavy (non-hydrogen) atoms. The quantitative estimate of drug-likeness (QED) is 0.799. The average molecular weight is 316 g/mol. The molecule has 0 saturated carbocycles. The summed E-state index contributed by atoms with van der Waals surface area (Å²) in [5, 5.41) is 0.351. The smallest absolute Gasteiger partial charge is 0.272 e. The van der Waals surface area contributed by atoms with Gasteiger partial charge in [-0.25, -0.2) is 4.98 Å². The Morgan fingerprint density at radius 2 is 1.82 bits per heavy atom. The Kier molecular flexibility index (Phi) is 4.29. The van der Waals surface area contributed by atoms with Gasteiger partial charge >= 0.3 is 0 Å². The van der Waals surface area contributed by atoms with Crippen LogP contribution in [0.5, 0.6) is 0 Å². The van der Waals surface area contributed by atoms with Crippen LogP contribution in [0.3, 0.4) is 0 Å². The molecule has 0 bridgehead atoms. The number of aryl methyl sites for hydroxylation is 1. The van der Waals surface area contributed by atoms with Crippen LogP contribution in [0.25, 0.3) is 0 Å². The number of pyridine rings is 1. The molecule has 2 heterocycles. The van der Waals surface area contributed by atoms with Crippen molar-refractivity contribution in [3.8, 4) is 0 Å². The van der Waals surface area contributed by atoms with Crippen LogP contribution in [0.15, 0.2) is 42.5 Å². The van der Waals surface area contributed by atoms with Crippen molar-refractivity contribution in [1.29, 1.82) is 0 Å². The lowest BCUT2D eigenvalue weighted by Gasteiger charge is -2.36. The molecular weight excluding hydrogens is 298 g/mol. The number of carbonyl (C=O) groups is 1. The van der Waals surface area contributed by atoms with E-state index >= 15 is 0 Å². The fourth-order valence-electron chi connectivity index (χ4n) is 2.68. The van der Waals surface area contributed by atoms with Crippen LogP contribution in [0.4, 0.5) is 5.69 Å². The monoisotopic (exact) mass is 315 g/mol. The molecule has 1 amide bonds. The number of carbonyl (C=O) groups excluding carboxylic acids is 1. The van der Waals surface area contributed by atoms with Gasteiger partial charge in [0.15, 0.2) is 0 Å². The topological polar surface area (TPSA) is 36.4 Å². The highest BCUT2D eigenvalue weighted by Crippen LogP contribution is 2.18. The number of hydrogen-bond donors (Lipinski definition) is 0. The number of amides is 1. The Morgan fingerprint density at radius 1 is 1.09 bits per heavy atom. The summed E-state index contributed by atoms with van der Waals surface area (Å²) in [5.74, 6) is -0.0496. The van der Waals surface area contributed by atoms with Crippen molar-refractivity contribution in [3.63, 3.8) is 0 Å². The van der Waals surface area contributed by atoms with Crippen molar-refractivity contribution in [2.75, 3.05) is 31.1 Å². The molecule has 0 unspecified atom stereocenters. The van der Waals surface area contributed by atoms with Crippen molar-refractivity contribution in [3.05, 3.63) is 58.9 Å². The summed E-state index contributed by atoms with van der Waals surface area (Å²) in [5.41, 5.74) is 2.88. The molecule has 1 aliphatic rings. The first-order chi connectivity index (χ1) is 10.6. The van der Waals surface area contributed by atoms with E-state index in [2.05, 4.69) is 41.1 Å². The third kappa shape index (κ3) is 3.22. The van der Waals surface area contributed by atoms with Gasteiger partial charge in [0.25, 0.3) is 5.91 Å². The summed E-state index contributed by atoms with van der Waals surface area (Å²) in [6.45, 7) is 5.14. The van der Waals surface area contributed by atoms with Gasteiger partial charge in [0.05, 0.1) is 0 Å². The van der Waals surface area contributed by atoms with E-state index in [0.29, 0.717) is 23.9 Å². The highest BCUT2D eigenvalue weighted by atomic mass is 35.5. The van der Waals surface area contributed by atoms with Gasteiger partial charge in [0, 0.05) is 31.9 Å². The summed E-state index contributed by atoms with van der Waals surface area (Å²) < 4.78 is 0. The van der Waals surface area contributed by atoms with E-state index in [-0.39, 0.29) is 5.91 Å². The molecule has 4 nitrogen and oxygen atoms in total. The molecule has 1 fully saturated rings. The van der Waals surface area contributed by atoms with E-state index in [9.17, 15) is 4.79 Å². The van der Waals surface area contributed by atoms with Crippen LogP contribution in [0.2, 0.25) is 5.15 Å². The van der Waals surface area contributed by atoms with Crippen molar-refractivity contribution in [2.45, 2.75) is 6.92 Å². The van der Waals surface area contributed by atoms with Gasteiger partial charge in [-0.2, -0.15) is 0 Å². The molecule has 1 aromatic heterocycles. The van der Waals surface area contributed by atoms with Crippen LogP contribution in [0.1, 0.15) is 16.1 Å². The molecule has 0 aliphatic carbocycles. The molecule has 0 N–H and O–H groups in total. The number of hydrogen-bond acceptors (Lipinski definition) is 3. The molecular formula is C17H18ClN3O. The third-order valence-corrected chi connectivity index (χ3v) is 4.08. The van der Waals surface area contributed by atoms with E-state index < -0.39 is 0 Å². The second kappa shape index (κ2) is 6.36. The minimum Gasteiger partial charge on any atom is -0.368 e. The van der Waals surface area contributed by atoms with E-state index in [1.54, 1.807) is 18.2 Å². The van der Waals surface area contributed by atoms with E-state index in [1.165, 1.54) is 11.3 Å². The molecule has 0 radical (unpaired) electrons. The Morgan fingerprint density at radius 3 is 2.50 bits per heavy atom. The number of anilines is 1. The van der Waals surface area contributed by atoms with Crippen LogP contribution in [-0.4, -0.2) is 42.0 Å². The molecule has 0 atom stereocenters. The van der Waals surface area contributed by atoms with Gasteiger partial charge in [-0.05, 0) is 36.8 Å². The fourth-order valence-corrected chi connectivity index (χ4v) is 2.85. The number of nitrogens with zero attached hydrogens (tertiary/aromatic N) is 3. The normalized spacial score (nSPS) is 15.0. The molecule has 0 spiro atoms. The molecule has 3 rings (SSSR count). The van der Waals surface area contributed by atoms with Crippen molar-refractivity contribution < 1.29 is 4.79 Å². The van der Waals surface area contributed by atoms with Gasteiger partial charge < -0.3 is 9.80 Å². The number of aromatic nitrogens is 1. The summed E-state index contributed by atoms with van der Waals surface area (Å²) in [6, 6.07) is 13.6. The number of rotatable bonds is 2. The Bertz CT molecular complexity index is 681. The summed E-state index contributed by atoms with van der Waals surface area (Å²) in [6.07, 6.45) is 0. The van der Waals surface area contributed by atoms with Crippen LogP contribution < -0.4 is 4.90 Å². The zero-order valence-corrected chi connectivity index (χ0v) is 13.3. The van der Waals surface area contributed by atoms with E-state index in [1.807, 2.05) is 4.90 Å². The first-order valence-corrected chi connectivity index (χ1v) is 7.75. The summed E-state index contributed by atoms with van der Waals surface area (Å²) in [7, 11) is 0. The van der Waals surface area contributed by atoms with Gasteiger partial charge in [-0.1, -0.05) is 29.8 Å². The van der Waals surface area contributed by atoms with E-state index in [0.717, 1.165) is 13.1 Å².